The van der Waals surface area contributed by atoms with E-state index in [9.17, 15) is 14.4 Å². The van der Waals surface area contributed by atoms with Crippen molar-refractivity contribution in [3.63, 3.8) is 0 Å². The molecule has 2 aromatic carbocycles. The van der Waals surface area contributed by atoms with Crippen LogP contribution in [0.2, 0.25) is 0 Å². The van der Waals surface area contributed by atoms with Crippen LogP contribution < -0.4 is 10.6 Å². The molecule has 0 atom stereocenters. The summed E-state index contributed by atoms with van der Waals surface area (Å²) in [6.45, 7) is 2.12. The fourth-order valence-electron chi connectivity index (χ4n) is 2.64. The number of ether oxygens (including phenoxy) is 1. The number of esters is 1. The summed E-state index contributed by atoms with van der Waals surface area (Å²) in [5, 5.41) is 9.29. The molecule has 0 bridgehead atoms. The molecule has 3 aromatic rings. The molecule has 8 heteroatoms. The molecule has 0 aliphatic carbocycles. The van der Waals surface area contributed by atoms with Crippen molar-refractivity contribution in [3.05, 3.63) is 88.2 Å². The van der Waals surface area contributed by atoms with Crippen LogP contribution in [0.15, 0.2) is 82.0 Å². The number of rotatable bonds is 9. The van der Waals surface area contributed by atoms with E-state index < -0.39 is 5.91 Å². The first-order valence-electron chi connectivity index (χ1n) is 9.85. The Labute approximate surface area is 194 Å². The lowest BCUT2D eigenvalue weighted by atomic mass is 10.2. The van der Waals surface area contributed by atoms with Crippen LogP contribution >= 0.6 is 23.1 Å². The van der Waals surface area contributed by atoms with E-state index in [2.05, 4.69) is 10.6 Å². The highest BCUT2D eigenvalue weighted by Gasteiger charge is 2.15. The van der Waals surface area contributed by atoms with Gasteiger partial charge in [0.15, 0.2) is 0 Å². The SMILES string of the molecule is CCOC(=O)CSc1ccc(NC(=O)/C(=C/c2ccsc2)NC(=O)c2ccccc2)cc1. The molecule has 1 aromatic heterocycles. The smallest absolute Gasteiger partial charge is 0.316 e. The minimum absolute atomic E-state index is 0.137. The highest BCUT2D eigenvalue weighted by atomic mass is 32.2. The Morgan fingerprint density at radius 3 is 2.44 bits per heavy atom. The van der Waals surface area contributed by atoms with Crippen LogP contribution in [0.4, 0.5) is 5.69 Å². The summed E-state index contributed by atoms with van der Waals surface area (Å²) in [6.07, 6.45) is 1.64. The van der Waals surface area contributed by atoms with Gasteiger partial charge >= 0.3 is 5.97 Å². The number of carbonyl (C=O) groups excluding carboxylic acids is 3. The van der Waals surface area contributed by atoms with Gasteiger partial charge < -0.3 is 15.4 Å². The van der Waals surface area contributed by atoms with Crippen LogP contribution in [0.3, 0.4) is 0 Å². The van der Waals surface area contributed by atoms with E-state index in [1.807, 2.05) is 35.0 Å². The fourth-order valence-corrected chi connectivity index (χ4v) is 3.96. The molecule has 1 heterocycles. The highest BCUT2D eigenvalue weighted by Crippen LogP contribution is 2.21. The second-order valence-electron chi connectivity index (χ2n) is 6.51. The number of amides is 2. The topological polar surface area (TPSA) is 84.5 Å². The molecule has 0 unspecified atom stereocenters. The number of anilines is 1. The van der Waals surface area contributed by atoms with Gasteiger partial charge in [0.2, 0.25) is 0 Å². The lowest BCUT2D eigenvalue weighted by Gasteiger charge is -2.11. The summed E-state index contributed by atoms with van der Waals surface area (Å²) < 4.78 is 4.92. The van der Waals surface area contributed by atoms with Gasteiger partial charge in [-0.3, -0.25) is 14.4 Å². The first-order chi connectivity index (χ1) is 15.5. The molecule has 0 fully saturated rings. The third-order valence-electron chi connectivity index (χ3n) is 4.16. The summed E-state index contributed by atoms with van der Waals surface area (Å²) in [6, 6.07) is 17.7. The lowest BCUT2D eigenvalue weighted by Crippen LogP contribution is -2.30. The monoisotopic (exact) mass is 466 g/mol. The number of benzene rings is 2. The quantitative estimate of drug-likeness (QED) is 0.269. The van der Waals surface area contributed by atoms with Gasteiger partial charge in [-0.1, -0.05) is 18.2 Å². The van der Waals surface area contributed by atoms with E-state index in [4.69, 9.17) is 4.74 Å². The normalized spacial score (nSPS) is 11.0. The molecule has 32 heavy (non-hydrogen) atoms. The maximum absolute atomic E-state index is 12.9. The van der Waals surface area contributed by atoms with Crippen molar-refractivity contribution < 1.29 is 19.1 Å². The van der Waals surface area contributed by atoms with Crippen molar-refractivity contribution in [1.29, 1.82) is 0 Å². The summed E-state index contributed by atoms with van der Waals surface area (Å²) >= 11 is 2.86. The van der Waals surface area contributed by atoms with Crippen molar-refractivity contribution in [2.75, 3.05) is 17.7 Å². The average molecular weight is 467 g/mol. The third-order valence-corrected chi connectivity index (χ3v) is 5.84. The predicted octanol–water partition coefficient (Wildman–Crippen LogP) is 4.81. The van der Waals surface area contributed by atoms with Crippen LogP contribution in [-0.4, -0.2) is 30.1 Å². The molecule has 3 rings (SSSR count). The Kier molecular flexibility index (Phi) is 8.65. The Bertz CT molecular complexity index is 1080. The second-order valence-corrected chi connectivity index (χ2v) is 8.34. The predicted molar refractivity (Wildman–Crippen MR) is 129 cm³/mol. The van der Waals surface area contributed by atoms with E-state index >= 15 is 0 Å². The van der Waals surface area contributed by atoms with E-state index in [-0.39, 0.29) is 23.3 Å². The highest BCUT2D eigenvalue weighted by molar-refractivity contribution is 8.00. The maximum atomic E-state index is 12.9. The van der Waals surface area contributed by atoms with E-state index in [1.54, 1.807) is 49.4 Å². The molecular weight excluding hydrogens is 444 g/mol. The molecule has 6 nitrogen and oxygen atoms in total. The van der Waals surface area contributed by atoms with Crippen molar-refractivity contribution in [1.82, 2.24) is 5.32 Å². The first kappa shape index (κ1) is 23.3. The molecule has 0 radical (unpaired) electrons. The minimum Gasteiger partial charge on any atom is -0.465 e. The second kappa shape index (κ2) is 11.9. The van der Waals surface area contributed by atoms with Crippen LogP contribution in [0.5, 0.6) is 0 Å². The van der Waals surface area contributed by atoms with Gasteiger partial charge in [-0.2, -0.15) is 11.3 Å². The molecule has 0 spiro atoms. The van der Waals surface area contributed by atoms with Gasteiger partial charge in [-0.25, -0.2) is 0 Å². The van der Waals surface area contributed by atoms with E-state index in [0.717, 1.165) is 10.5 Å². The van der Waals surface area contributed by atoms with E-state index in [1.165, 1.54) is 23.1 Å². The number of hydrogen-bond acceptors (Lipinski definition) is 6. The Hall–Kier alpha value is -3.36. The van der Waals surface area contributed by atoms with Crippen molar-refractivity contribution in [2.24, 2.45) is 0 Å². The maximum Gasteiger partial charge on any atom is 0.316 e. The largest absolute Gasteiger partial charge is 0.465 e. The average Bonchev–Trinajstić information content (AvgIpc) is 3.32. The van der Waals surface area contributed by atoms with Crippen LogP contribution in [0.25, 0.3) is 6.08 Å². The summed E-state index contributed by atoms with van der Waals surface area (Å²) in [4.78, 5) is 37.9. The Morgan fingerprint density at radius 2 is 1.78 bits per heavy atom. The zero-order valence-corrected chi connectivity index (χ0v) is 19.0. The number of thioether (sulfide) groups is 1. The van der Waals surface area contributed by atoms with Gasteiger partial charge in [-0.15, -0.1) is 11.8 Å². The molecule has 2 N–H and O–H groups in total. The first-order valence-corrected chi connectivity index (χ1v) is 11.8. The minimum atomic E-state index is -0.438. The molecular formula is C24H22N2O4S2. The van der Waals surface area contributed by atoms with Crippen molar-refractivity contribution in [2.45, 2.75) is 11.8 Å². The van der Waals surface area contributed by atoms with Crippen LogP contribution in [-0.2, 0) is 14.3 Å². The molecule has 0 saturated carbocycles. The molecule has 164 valence electrons. The van der Waals surface area contributed by atoms with Crippen LogP contribution in [0, 0.1) is 0 Å². The zero-order valence-electron chi connectivity index (χ0n) is 17.4. The lowest BCUT2D eigenvalue weighted by molar-refractivity contribution is -0.139. The molecule has 0 saturated heterocycles. The van der Waals surface area contributed by atoms with E-state index in [0.29, 0.717) is 17.9 Å². The zero-order chi connectivity index (χ0) is 22.8. The number of nitrogens with one attached hydrogen (secondary N) is 2. The van der Waals surface area contributed by atoms with Gasteiger partial charge in [0.05, 0.1) is 12.4 Å². The van der Waals surface area contributed by atoms with Gasteiger partial charge in [-0.05, 0) is 71.8 Å². The molecule has 0 aliphatic heterocycles. The Balaban J connectivity index is 1.68. The summed E-state index contributed by atoms with van der Waals surface area (Å²) in [5.41, 5.74) is 1.98. The Morgan fingerprint density at radius 1 is 1.03 bits per heavy atom. The number of hydrogen-bond donors (Lipinski definition) is 2. The van der Waals surface area contributed by atoms with Gasteiger partial charge in [0.25, 0.3) is 11.8 Å². The molecule has 0 aliphatic rings. The van der Waals surface area contributed by atoms with Gasteiger partial charge in [0, 0.05) is 16.1 Å². The van der Waals surface area contributed by atoms with Gasteiger partial charge in [0.1, 0.15) is 5.70 Å². The fraction of sp³-hybridized carbons (Fsp3) is 0.125. The summed E-state index contributed by atoms with van der Waals surface area (Å²) in [7, 11) is 0. The summed E-state index contributed by atoms with van der Waals surface area (Å²) in [5.74, 6) is -0.855. The van der Waals surface area contributed by atoms with Crippen molar-refractivity contribution in [3.8, 4) is 0 Å². The standard InChI is InChI=1S/C24H22N2O4S2/c1-2-30-22(27)16-32-20-10-8-19(9-11-20)25-24(29)21(14-17-12-13-31-15-17)26-23(28)18-6-4-3-5-7-18/h3-15H,2,16H2,1H3,(H,25,29)(H,26,28)/b21-14-. The van der Waals surface area contributed by atoms with Crippen LogP contribution in [0.1, 0.15) is 22.8 Å². The third kappa shape index (κ3) is 7.11. The number of carbonyl (C=O) groups is 3. The molecule has 2 amide bonds. The number of thiophene rings is 1. The van der Waals surface area contributed by atoms with Crippen molar-refractivity contribution >= 4 is 52.6 Å².